The van der Waals surface area contributed by atoms with Crippen molar-refractivity contribution in [3.63, 3.8) is 0 Å². The summed E-state index contributed by atoms with van der Waals surface area (Å²) in [5.74, 6) is 0.756. The number of rotatable bonds is 1. The van der Waals surface area contributed by atoms with E-state index in [-0.39, 0.29) is 5.56 Å². The van der Waals surface area contributed by atoms with Gasteiger partial charge in [0, 0.05) is 17.8 Å². The Morgan fingerprint density at radius 2 is 2.17 bits per heavy atom. The highest BCUT2D eigenvalue weighted by Crippen LogP contribution is 2.16. The summed E-state index contributed by atoms with van der Waals surface area (Å²) in [5.41, 5.74) is 0.768. The molecule has 0 saturated heterocycles. The summed E-state index contributed by atoms with van der Waals surface area (Å²) < 4.78 is 5.14. The fourth-order valence-electron chi connectivity index (χ4n) is 1.01. The fourth-order valence-corrected chi connectivity index (χ4v) is 1.01. The van der Waals surface area contributed by atoms with Gasteiger partial charge >= 0.3 is 0 Å². The molecule has 3 nitrogen and oxygen atoms in total. The first-order chi connectivity index (χ1) is 5.86. The van der Waals surface area contributed by atoms with Crippen LogP contribution in [0.3, 0.4) is 0 Å². The van der Waals surface area contributed by atoms with Crippen LogP contribution >= 0.6 is 0 Å². The van der Waals surface area contributed by atoms with Gasteiger partial charge in [0.25, 0.3) is 0 Å². The van der Waals surface area contributed by atoms with Crippen LogP contribution in [0.5, 0.6) is 0 Å². The zero-order chi connectivity index (χ0) is 8.39. The normalized spacial score (nSPS) is 10.0. The van der Waals surface area contributed by atoms with Crippen LogP contribution in [0.2, 0.25) is 0 Å². The van der Waals surface area contributed by atoms with Gasteiger partial charge in [-0.25, -0.2) is 0 Å². The number of H-pyrrole nitrogens is 1. The van der Waals surface area contributed by atoms with E-state index in [9.17, 15) is 4.79 Å². The third-order valence-corrected chi connectivity index (χ3v) is 1.59. The second-order valence-electron chi connectivity index (χ2n) is 2.42. The first kappa shape index (κ1) is 6.91. The predicted molar refractivity (Wildman–Crippen MR) is 44.8 cm³/mol. The molecule has 3 heteroatoms. The largest absolute Gasteiger partial charge is 0.464 e. The second kappa shape index (κ2) is 2.70. The van der Waals surface area contributed by atoms with E-state index in [2.05, 4.69) is 4.98 Å². The van der Waals surface area contributed by atoms with E-state index in [1.54, 1.807) is 24.6 Å². The third-order valence-electron chi connectivity index (χ3n) is 1.59. The number of hydrogen-bond donors (Lipinski definition) is 1. The molecule has 0 saturated carbocycles. The van der Waals surface area contributed by atoms with Crippen LogP contribution in [0.15, 0.2) is 45.9 Å². The average molecular weight is 161 g/mol. The van der Waals surface area contributed by atoms with Crippen LogP contribution in [-0.4, -0.2) is 4.98 Å². The maximum absolute atomic E-state index is 10.7. The van der Waals surface area contributed by atoms with Crippen LogP contribution in [0.25, 0.3) is 11.3 Å². The van der Waals surface area contributed by atoms with E-state index in [1.165, 1.54) is 6.07 Å². The summed E-state index contributed by atoms with van der Waals surface area (Å²) in [5, 5.41) is 0. The molecule has 0 atom stereocenters. The van der Waals surface area contributed by atoms with Crippen LogP contribution in [0.1, 0.15) is 0 Å². The molecule has 0 spiro atoms. The number of hydrogen-bond acceptors (Lipinski definition) is 2. The molecular formula is C9H7NO2. The standard InChI is InChI=1S/C9H7NO2/c11-9-4-3-7(6-10-9)8-2-1-5-12-8/h1-6H,(H,10,11). The Bertz CT molecular complexity index is 394. The molecule has 2 rings (SSSR count). The van der Waals surface area contributed by atoms with Crippen LogP contribution in [0.4, 0.5) is 0 Å². The first-order valence-electron chi connectivity index (χ1n) is 3.59. The number of furan rings is 1. The van der Waals surface area contributed by atoms with E-state index >= 15 is 0 Å². The molecular weight excluding hydrogens is 154 g/mol. The Balaban J connectivity index is 2.49. The van der Waals surface area contributed by atoms with Crippen LogP contribution in [0, 0.1) is 0 Å². The molecule has 2 aromatic heterocycles. The highest BCUT2D eigenvalue weighted by molar-refractivity contribution is 5.54. The lowest BCUT2D eigenvalue weighted by Crippen LogP contribution is -2.00. The van der Waals surface area contributed by atoms with Crippen molar-refractivity contribution in [2.45, 2.75) is 0 Å². The Morgan fingerprint density at radius 3 is 2.75 bits per heavy atom. The second-order valence-corrected chi connectivity index (χ2v) is 2.42. The molecule has 12 heavy (non-hydrogen) atoms. The molecule has 2 heterocycles. The molecule has 0 radical (unpaired) electrons. The third kappa shape index (κ3) is 1.16. The van der Waals surface area contributed by atoms with Crippen molar-refractivity contribution in [3.05, 3.63) is 47.1 Å². The molecule has 2 aromatic rings. The summed E-state index contributed by atoms with van der Waals surface area (Å²) in [6.07, 6.45) is 3.22. The summed E-state index contributed by atoms with van der Waals surface area (Å²) in [7, 11) is 0. The molecule has 1 N–H and O–H groups in total. The first-order valence-corrected chi connectivity index (χ1v) is 3.59. The maximum Gasteiger partial charge on any atom is 0.247 e. The highest BCUT2D eigenvalue weighted by Gasteiger charge is 1.97. The van der Waals surface area contributed by atoms with Crippen molar-refractivity contribution < 1.29 is 4.42 Å². The summed E-state index contributed by atoms with van der Waals surface area (Å²) in [6.45, 7) is 0. The Morgan fingerprint density at radius 1 is 1.25 bits per heavy atom. The zero-order valence-electron chi connectivity index (χ0n) is 6.28. The van der Waals surface area contributed by atoms with Crippen molar-refractivity contribution in [1.82, 2.24) is 4.98 Å². The van der Waals surface area contributed by atoms with Crippen molar-refractivity contribution in [2.24, 2.45) is 0 Å². The highest BCUT2D eigenvalue weighted by atomic mass is 16.3. The van der Waals surface area contributed by atoms with Gasteiger partial charge in [-0.05, 0) is 18.2 Å². The lowest BCUT2D eigenvalue weighted by atomic mass is 10.2. The monoisotopic (exact) mass is 161 g/mol. The number of pyridine rings is 1. The quantitative estimate of drug-likeness (QED) is 0.691. The van der Waals surface area contributed by atoms with Crippen LogP contribution in [-0.2, 0) is 0 Å². The van der Waals surface area contributed by atoms with E-state index in [4.69, 9.17) is 4.42 Å². The van der Waals surface area contributed by atoms with Crippen molar-refractivity contribution in [3.8, 4) is 11.3 Å². The molecule has 0 amide bonds. The SMILES string of the molecule is O=c1ccc(-c2ccco2)c[nH]1. The maximum atomic E-state index is 10.7. The van der Waals surface area contributed by atoms with Crippen molar-refractivity contribution in [2.75, 3.05) is 0 Å². The summed E-state index contributed by atoms with van der Waals surface area (Å²) in [4.78, 5) is 13.3. The topological polar surface area (TPSA) is 46.0 Å². The van der Waals surface area contributed by atoms with Crippen molar-refractivity contribution >= 4 is 0 Å². The van der Waals surface area contributed by atoms with Gasteiger partial charge in [0.05, 0.1) is 6.26 Å². The van der Waals surface area contributed by atoms with Gasteiger partial charge < -0.3 is 9.40 Å². The molecule has 0 unspecified atom stereocenters. The number of aromatic amines is 1. The molecule has 0 fully saturated rings. The molecule has 0 bridgehead atoms. The molecule has 0 aromatic carbocycles. The number of aromatic nitrogens is 1. The number of nitrogens with one attached hydrogen (secondary N) is 1. The van der Waals surface area contributed by atoms with Gasteiger partial charge in [-0.3, -0.25) is 4.79 Å². The van der Waals surface area contributed by atoms with Gasteiger partial charge in [-0.1, -0.05) is 0 Å². The predicted octanol–water partition coefficient (Wildman–Crippen LogP) is 1.63. The molecule has 0 aliphatic heterocycles. The van der Waals surface area contributed by atoms with Gasteiger partial charge in [0.1, 0.15) is 5.76 Å². The van der Waals surface area contributed by atoms with E-state index < -0.39 is 0 Å². The summed E-state index contributed by atoms with van der Waals surface area (Å²) >= 11 is 0. The minimum Gasteiger partial charge on any atom is -0.464 e. The smallest absolute Gasteiger partial charge is 0.247 e. The molecule has 0 aliphatic carbocycles. The average Bonchev–Trinajstić information content (AvgIpc) is 2.58. The Kier molecular flexibility index (Phi) is 1.55. The molecule has 0 aliphatic rings. The lowest BCUT2D eigenvalue weighted by molar-refractivity contribution is 0.582. The fraction of sp³-hybridized carbons (Fsp3) is 0. The van der Waals surface area contributed by atoms with Gasteiger partial charge in [-0.15, -0.1) is 0 Å². The zero-order valence-corrected chi connectivity index (χ0v) is 6.28. The van der Waals surface area contributed by atoms with Crippen LogP contribution < -0.4 is 5.56 Å². The van der Waals surface area contributed by atoms with Gasteiger partial charge in [0.2, 0.25) is 5.56 Å². The Hall–Kier alpha value is -1.77. The minimum absolute atomic E-state index is 0.106. The van der Waals surface area contributed by atoms with Crippen molar-refractivity contribution in [1.29, 1.82) is 0 Å². The van der Waals surface area contributed by atoms with E-state index in [0.29, 0.717) is 0 Å². The van der Waals surface area contributed by atoms with E-state index in [1.807, 2.05) is 6.07 Å². The van der Waals surface area contributed by atoms with E-state index in [0.717, 1.165) is 11.3 Å². The summed E-state index contributed by atoms with van der Waals surface area (Å²) in [6, 6.07) is 6.84. The Labute approximate surface area is 68.7 Å². The minimum atomic E-state index is -0.106. The molecule has 60 valence electrons. The lowest BCUT2D eigenvalue weighted by Gasteiger charge is -1.92. The van der Waals surface area contributed by atoms with Gasteiger partial charge in [-0.2, -0.15) is 0 Å². The van der Waals surface area contributed by atoms with Gasteiger partial charge in [0.15, 0.2) is 0 Å².